The molecule has 0 aliphatic carbocycles. The third-order valence-electron chi connectivity index (χ3n) is 5.08. The van der Waals surface area contributed by atoms with Gasteiger partial charge < -0.3 is 0 Å². The summed E-state index contributed by atoms with van der Waals surface area (Å²) < 4.78 is 52.3. The van der Waals surface area contributed by atoms with Gasteiger partial charge in [0.1, 0.15) is 11.6 Å². The molecule has 0 radical (unpaired) electrons. The monoisotopic (exact) mass is 484 g/mol. The van der Waals surface area contributed by atoms with E-state index in [1.807, 2.05) is 0 Å². The average Bonchev–Trinajstić information content (AvgIpc) is 2.80. The number of hydrogen-bond donors (Lipinski definition) is 0. The maximum atomic E-state index is 14.0. The number of rotatable bonds is 5. The molecule has 0 saturated carbocycles. The van der Waals surface area contributed by atoms with E-state index < -0.39 is 27.0 Å². The molecule has 1 heterocycles. The van der Waals surface area contributed by atoms with Gasteiger partial charge in [-0.1, -0.05) is 24.3 Å². The van der Waals surface area contributed by atoms with Crippen molar-refractivity contribution in [3.63, 3.8) is 0 Å². The Labute approximate surface area is 193 Å². The van der Waals surface area contributed by atoms with Crippen LogP contribution in [0.4, 0.5) is 8.78 Å². The molecule has 0 spiro atoms. The lowest BCUT2D eigenvalue weighted by Crippen LogP contribution is -2.23. The lowest BCUT2D eigenvalue weighted by atomic mass is 9.97. The van der Waals surface area contributed by atoms with Crippen LogP contribution in [-0.4, -0.2) is 30.7 Å². The fourth-order valence-electron chi connectivity index (χ4n) is 3.41. The summed E-state index contributed by atoms with van der Waals surface area (Å²) in [5.74, 6) is -0.851. The van der Waals surface area contributed by atoms with Crippen molar-refractivity contribution >= 4 is 21.6 Å². The number of aromatic nitrogens is 2. The molecular weight excluding hydrogens is 466 g/mol. The number of benzene rings is 3. The first kappa shape index (κ1) is 22.9. The Morgan fingerprint density at radius 3 is 2.15 bits per heavy atom. The Morgan fingerprint density at radius 1 is 0.909 bits per heavy atom. The lowest BCUT2D eigenvalue weighted by Gasteiger charge is -2.14. The molecule has 9 heteroatoms. The second kappa shape index (κ2) is 8.92. The van der Waals surface area contributed by atoms with Crippen molar-refractivity contribution in [1.82, 2.24) is 9.78 Å². The average molecular weight is 485 g/mol. The molecule has 0 aliphatic rings. The van der Waals surface area contributed by atoms with Crippen molar-refractivity contribution < 1.29 is 17.2 Å². The molecule has 0 amide bonds. The Kier molecular flexibility index (Phi) is 6.18. The number of hydrogen-bond acceptors (Lipinski definition) is 5. The molecule has 0 saturated heterocycles. The van der Waals surface area contributed by atoms with E-state index in [1.165, 1.54) is 72.6 Å². The quantitative estimate of drug-likeness (QED) is 0.374. The third-order valence-corrected chi connectivity index (χ3v) is 6.96. The number of sulfone groups is 1. The molecule has 4 aromatic rings. The van der Waals surface area contributed by atoms with E-state index in [4.69, 9.17) is 0 Å². The highest BCUT2D eigenvalue weighted by atomic mass is 32.2. The molecule has 0 N–H and O–H groups in total. The summed E-state index contributed by atoms with van der Waals surface area (Å²) in [7, 11) is -3.39. The van der Waals surface area contributed by atoms with Gasteiger partial charge in [0, 0.05) is 16.7 Å². The number of nitrogens with zero attached hydrogens (tertiary/aromatic N) is 2. The van der Waals surface area contributed by atoms with E-state index >= 15 is 0 Å². The van der Waals surface area contributed by atoms with Crippen molar-refractivity contribution in [1.29, 1.82) is 0 Å². The van der Waals surface area contributed by atoms with Crippen LogP contribution in [0.5, 0.6) is 0 Å². The highest BCUT2D eigenvalue weighted by Gasteiger charge is 2.18. The van der Waals surface area contributed by atoms with Crippen molar-refractivity contribution in [2.75, 3.05) is 12.5 Å². The van der Waals surface area contributed by atoms with Gasteiger partial charge in [-0.05, 0) is 59.8 Å². The second-order valence-corrected chi connectivity index (χ2v) is 10.1. The maximum absolute atomic E-state index is 14.0. The summed E-state index contributed by atoms with van der Waals surface area (Å²) in [5, 5.41) is 4.28. The minimum absolute atomic E-state index is 0.145. The third kappa shape index (κ3) is 4.60. The molecule has 4 rings (SSSR count). The van der Waals surface area contributed by atoms with Crippen molar-refractivity contribution in [2.45, 2.75) is 9.79 Å². The maximum Gasteiger partial charge on any atom is 0.279 e. The molecule has 168 valence electrons. The minimum atomic E-state index is -3.39. The van der Waals surface area contributed by atoms with Crippen molar-refractivity contribution in [3.05, 3.63) is 94.9 Å². The molecule has 0 bridgehead atoms. The predicted octanol–water partition coefficient (Wildman–Crippen LogP) is 4.97. The first-order chi connectivity index (χ1) is 15.7. The summed E-state index contributed by atoms with van der Waals surface area (Å²) in [5.41, 5.74) is 1.65. The van der Waals surface area contributed by atoms with E-state index in [1.54, 1.807) is 18.4 Å². The van der Waals surface area contributed by atoms with Crippen LogP contribution in [-0.2, 0) is 9.84 Å². The van der Waals surface area contributed by atoms with E-state index in [2.05, 4.69) is 5.10 Å². The smallest absolute Gasteiger partial charge is 0.267 e. The highest BCUT2D eigenvalue weighted by Crippen LogP contribution is 2.30. The predicted molar refractivity (Wildman–Crippen MR) is 126 cm³/mol. The SMILES string of the molecule is CSc1cc(-n2ncc(-c3ccc(S(C)(=O)=O)cc3)c(-c3ccc(F)cc3)c2=O)ccc1F. The van der Waals surface area contributed by atoms with Crippen LogP contribution in [0.3, 0.4) is 0 Å². The fourth-order valence-corrected chi connectivity index (χ4v) is 4.55. The van der Waals surface area contributed by atoms with Gasteiger partial charge >= 0.3 is 0 Å². The molecule has 0 unspecified atom stereocenters. The molecule has 33 heavy (non-hydrogen) atoms. The molecule has 0 fully saturated rings. The van der Waals surface area contributed by atoms with Crippen LogP contribution in [0.25, 0.3) is 27.9 Å². The summed E-state index contributed by atoms with van der Waals surface area (Å²) in [4.78, 5) is 14.1. The molecule has 5 nitrogen and oxygen atoms in total. The topological polar surface area (TPSA) is 69.0 Å². The van der Waals surface area contributed by atoms with E-state index in [0.717, 1.165) is 10.9 Å². The Bertz CT molecular complexity index is 1500. The first-order valence-corrected chi connectivity index (χ1v) is 12.8. The normalized spacial score (nSPS) is 11.5. The van der Waals surface area contributed by atoms with Crippen molar-refractivity contribution in [3.8, 4) is 27.9 Å². The lowest BCUT2D eigenvalue weighted by molar-refractivity contribution is 0.600. The Hall–Kier alpha value is -3.30. The largest absolute Gasteiger partial charge is 0.279 e. The van der Waals surface area contributed by atoms with Crippen LogP contribution < -0.4 is 5.56 Å². The molecule has 0 aliphatic heterocycles. The summed E-state index contributed by atoms with van der Waals surface area (Å²) in [6.45, 7) is 0. The second-order valence-electron chi connectivity index (χ2n) is 7.27. The van der Waals surface area contributed by atoms with E-state index in [9.17, 15) is 22.0 Å². The van der Waals surface area contributed by atoms with E-state index in [-0.39, 0.29) is 10.5 Å². The van der Waals surface area contributed by atoms with Crippen LogP contribution in [0.2, 0.25) is 0 Å². The molecule has 3 aromatic carbocycles. The number of halogens is 2. The van der Waals surface area contributed by atoms with E-state index in [0.29, 0.717) is 27.3 Å². The Morgan fingerprint density at radius 2 is 1.55 bits per heavy atom. The van der Waals surface area contributed by atoms with Crippen LogP contribution in [0, 0.1) is 11.6 Å². The summed E-state index contributed by atoms with van der Waals surface area (Å²) >= 11 is 1.21. The van der Waals surface area contributed by atoms with Crippen molar-refractivity contribution in [2.24, 2.45) is 0 Å². The van der Waals surface area contributed by atoms with Crippen LogP contribution in [0.15, 0.2) is 87.5 Å². The van der Waals surface area contributed by atoms with Crippen LogP contribution >= 0.6 is 11.8 Å². The van der Waals surface area contributed by atoms with Gasteiger partial charge in [0.15, 0.2) is 9.84 Å². The standard InChI is InChI=1S/C24H18F2N2O3S2/c1-32-22-13-18(9-12-21(22)26)28-24(29)23(16-3-7-17(25)8-4-16)20(14-27-28)15-5-10-19(11-6-15)33(2,30)31/h3-14H,1-2H3. The first-order valence-electron chi connectivity index (χ1n) is 9.72. The molecular formula is C24H18F2N2O3S2. The highest BCUT2D eigenvalue weighted by molar-refractivity contribution is 7.98. The fraction of sp³-hybridized carbons (Fsp3) is 0.0833. The molecule has 0 atom stereocenters. The van der Waals surface area contributed by atoms with Gasteiger partial charge in [-0.25, -0.2) is 17.2 Å². The minimum Gasteiger partial charge on any atom is -0.267 e. The zero-order valence-corrected chi connectivity index (χ0v) is 19.3. The Balaban J connectivity index is 1.95. The molecule has 1 aromatic heterocycles. The zero-order chi connectivity index (χ0) is 23.8. The number of thioether (sulfide) groups is 1. The van der Waals surface area contributed by atoms with Gasteiger partial charge in [-0.2, -0.15) is 9.78 Å². The van der Waals surface area contributed by atoms with Crippen LogP contribution in [0.1, 0.15) is 0 Å². The van der Waals surface area contributed by atoms with Gasteiger partial charge in [0.05, 0.1) is 22.3 Å². The van der Waals surface area contributed by atoms with Gasteiger partial charge in [-0.15, -0.1) is 11.8 Å². The summed E-state index contributed by atoms with van der Waals surface area (Å²) in [6.07, 6.45) is 4.32. The zero-order valence-electron chi connectivity index (χ0n) is 17.6. The van der Waals surface area contributed by atoms with Gasteiger partial charge in [-0.3, -0.25) is 4.79 Å². The summed E-state index contributed by atoms with van der Waals surface area (Å²) in [6, 6.07) is 15.8. The van der Waals surface area contributed by atoms with Gasteiger partial charge in [0.2, 0.25) is 0 Å². The van der Waals surface area contributed by atoms with Gasteiger partial charge in [0.25, 0.3) is 5.56 Å².